The van der Waals surface area contributed by atoms with Gasteiger partial charge in [-0.15, -0.1) is 0 Å². The molecule has 0 aliphatic carbocycles. The molecule has 2 aliphatic heterocycles. The van der Waals surface area contributed by atoms with E-state index >= 15 is 0 Å². The molecule has 5 heteroatoms. The van der Waals surface area contributed by atoms with E-state index in [1.807, 2.05) is 0 Å². The Hall–Kier alpha value is -0.780. The number of rotatable bonds is 4. The largest absolute Gasteiger partial charge is 0.377 e. The Kier molecular flexibility index (Phi) is 4.04. The zero-order valence-electron chi connectivity index (χ0n) is 9.98. The van der Waals surface area contributed by atoms with E-state index in [2.05, 4.69) is 28.2 Å². The molecule has 0 aromatic carbocycles. The van der Waals surface area contributed by atoms with Gasteiger partial charge in [0.25, 0.3) is 0 Å². The third-order valence-corrected chi connectivity index (χ3v) is 3.15. The van der Waals surface area contributed by atoms with E-state index in [0.717, 1.165) is 39.4 Å². The van der Waals surface area contributed by atoms with Crippen molar-refractivity contribution in [1.82, 2.24) is 15.1 Å². The van der Waals surface area contributed by atoms with Crippen LogP contribution in [-0.2, 0) is 4.74 Å². The Morgan fingerprint density at radius 2 is 2.06 bits per heavy atom. The van der Waals surface area contributed by atoms with Gasteiger partial charge in [0.05, 0.1) is 25.1 Å². The standard InChI is InChI=1S/C11H22N4O/c1-14-4-6-15(7-5-14)11(2-3-12)13-10-8-16-9-10/h2,10,13H,3-9,12H2,1H3/b11-2+. The van der Waals surface area contributed by atoms with Gasteiger partial charge in [0.2, 0.25) is 0 Å². The number of hydrogen-bond acceptors (Lipinski definition) is 5. The molecule has 0 unspecified atom stereocenters. The highest BCUT2D eigenvalue weighted by Gasteiger charge is 2.22. The molecule has 2 fully saturated rings. The first kappa shape index (κ1) is 11.7. The molecule has 16 heavy (non-hydrogen) atoms. The Balaban J connectivity index is 1.88. The lowest BCUT2D eigenvalue weighted by Crippen LogP contribution is -2.52. The summed E-state index contributed by atoms with van der Waals surface area (Å²) in [6.07, 6.45) is 2.07. The van der Waals surface area contributed by atoms with Crippen molar-refractivity contribution in [3.63, 3.8) is 0 Å². The minimum atomic E-state index is 0.470. The molecule has 2 saturated heterocycles. The average Bonchev–Trinajstić information content (AvgIpc) is 2.23. The lowest BCUT2D eigenvalue weighted by atomic mass is 10.2. The number of hydrogen-bond donors (Lipinski definition) is 2. The molecule has 0 radical (unpaired) electrons. The summed E-state index contributed by atoms with van der Waals surface area (Å²) in [5.41, 5.74) is 5.61. The van der Waals surface area contributed by atoms with Crippen molar-refractivity contribution in [2.45, 2.75) is 6.04 Å². The average molecular weight is 226 g/mol. The molecule has 0 saturated carbocycles. The summed E-state index contributed by atoms with van der Waals surface area (Å²) in [5.74, 6) is 1.18. The number of ether oxygens (including phenoxy) is 1. The maximum absolute atomic E-state index is 5.61. The van der Waals surface area contributed by atoms with Crippen LogP contribution < -0.4 is 11.1 Å². The van der Waals surface area contributed by atoms with Crippen LogP contribution in [0.1, 0.15) is 0 Å². The Morgan fingerprint density at radius 1 is 1.38 bits per heavy atom. The predicted octanol–water partition coefficient (Wildman–Crippen LogP) is -0.978. The zero-order chi connectivity index (χ0) is 11.4. The SMILES string of the molecule is CN1CCN(/C(=C/CN)NC2COC2)CC1. The molecule has 3 N–H and O–H groups in total. The highest BCUT2D eigenvalue weighted by molar-refractivity contribution is 5.04. The Bertz CT molecular complexity index is 244. The molecular weight excluding hydrogens is 204 g/mol. The van der Waals surface area contributed by atoms with E-state index in [-0.39, 0.29) is 0 Å². The lowest BCUT2D eigenvalue weighted by Gasteiger charge is -2.38. The Labute approximate surface area is 97.2 Å². The number of nitrogens with one attached hydrogen (secondary N) is 1. The van der Waals surface area contributed by atoms with Crippen LogP contribution in [0.4, 0.5) is 0 Å². The highest BCUT2D eigenvalue weighted by atomic mass is 16.5. The molecule has 0 aromatic rings. The number of likely N-dealkylation sites (N-methyl/N-ethyl adjacent to an activating group) is 1. The van der Waals surface area contributed by atoms with Gasteiger partial charge in [-0.05, 0) is 13.1 Å². The van der Waals surface area contributed by atoms with Gasteiger partial charge < -0.3 is 25.6 Å². The third kappa shape index (κ3) is 2.87. The first-order chi connectivity index (χ1) is 7.79. The monoisotopic (exact) mass is 226 g/mol. The second kappa shape index (κ2) is 5.52. The topological polar surface area (TPSA) is 53.8 Å². The summed E-state index contributed by atoms with van der Waals surface area (Å²) in [6, 6.07) is 0.470. The van der Waals surface area contributed by atoms with Crippen molar-refractivity contribution < 1.29 is 4.74 Å². The quantitative estimate of drug-likeness (QED) is 0.645. The van der Waals surface area contributed by atoms with Crippen LogP contribution in [-0.4, -0.2) is 68.8 Å². The zero-order valence-corrected chi connectivity index (χ0v) is 9.98. The molecular formula is C11H22N4O. The van der Waals surface area contributed by atoms with E-state index in [1.165, 1.54) is 5.82 Å². The molecule has 2 aliphatic rings. The first-order valence-corrected chi connectivity index (χ1v) is 5.97. The summed E-state index contributed by atoms with van der Waals surface area (Å²) in [5, 5.41) is 3.50. The Morgan fingerprint density at radius 3 is 2.56 bits per heavy atom. The second-order valence-corrected chi connectivity index (χ2v) is 4.49. The predicted molar refractivity (Wildman–Crippen MR) is 64.0 cm³/mol. The van der Waals surface area contributed by atoms with Crippen LogP contribution in [0.25, 0.3) is 0 Å². The minimum absolute atomic E-state index is 0.470. The third-order valence-electron chi connectivity index (χ3n) is 3.15. The molecule has 0 bridgehead atoms. The normalized spacial score (nSPS) is 24.4. The van der Waals surface area contributed by atoms with Crippen LogP contribution >= 0.6 is 0 Å². The van der Waals surface area contributed by atoms with Gasteiger partial charge in [-0.25, -0.2) is 0 Å². The van der Waals surface area contributed by atoms with Gasteiger partial charge in [-0.1, -0.05) is 0 Å². The van der Waals surface area contributed by atoms with Crippen molar-refractivity contribution in [1.29, 1.82) is 0 Å². The van der Waals surface area contributed by atoms with Gasteiger partial charge in [-0.2, -0.15) is 0 Å². The molecule has 0 atom stereocenters. The van der Waals surface area contributed by atoms with Gasteiger partial charge in [0.1, 0.15) is 0 Å². The fraction of sp³-hybridized carbons (Fsp3) is 0.818. The molecule has 0 aromatic heterocycles. The van der Waals surface area contributed by atoms with Crippen LogP contribution in [0.2, 0.25) is 0 Å². The van der Waals surface area contributed by atoms with Gasteiger partial charge >= 0.3 is 0 Å². The summed E-state index contributed by atoms with van der Waals surface area (Å²) in [6.45, 7) is 6.59. The fourth-order valence-corrected chi connectivity index (χ4v) is 1.97. The molecule has 2 rings (SSSR count). The molecule has 2 heterocycles. The van der Waals surface area contributed by atoms with Gasteiger partial charge in [0, 0.05) is 32.7 Å². The summed E-state index contributed by atoms with van der Waals surface area (Å²) in [4.78, 5) is 4.73. The van der Waals surface area contributed by atoms with Crippen LogP contribution in [0.3, 0.4) is 0 Å². The van der Waals surface area contributed by atoms with Crippen molar-refractivity contribution >= 4 is 0 Å². The highest BCUT2D eigenvalue weighted by Crippen LogP contribution is 2.09. The summed E-state index contributed by atoms with van der Waals surface area (Å²) in [7, 11) is 2.16. The van der Waals surface area contributed by atoms with E-state index in [4.69, 9.17) is 10.5 Å². The van der Waals surface area contributed by atoms with Crippen LogP contribution in [0.5, 0.6) is 0 Å². The molecule has 0 spiro atoms. The smallest absolute Gasteiger partial charge is 0.0989 e. The lowest BCUT2D eigenvalue weighted by molar-refractivity contribution is -0.00543. The molecule has 92 valence electrons. The van der Waals surface area contributed by atoms with Crippen molar-refractivity contribution in [2.24, 2.45) is 5.73 Å². The van der Waals surface area contributed by atoms with Crippen molar-refractivity contribution in [2.75, 3.05) is 53.0 Å². The van der Waals surface area contributed by atoms with Crippen molar-refractivity contribution in [3.05, 3.63) is 11.9 Å². The summed E-state index contributed by atoms with van der Waals surface area (Å²) >= 11 is 0. The van der Waals surface area contributed by atoms with E-state index in [0.29, 0.717) is 12.6 Å². The van der Waals surface area contributed by atoms with Crippen molar-refractivity contribution in [3.8, 4) is 0 Å². The van der Waals surface area contributed by atoms with Crippen LogP contribution in [0.15, 0.2) is 11.9 Å². The minimum Gasteiger partial charge on any atom is -0.377 e. The maximum Gasteiger partial charge on any atom is 0.0989 e. The summed E-state index contributed by atoms with van der Waals surface area (Å²) < 4.78 is 5.17. The number of nitrogens with zero attached hydrogens (tertiary/aromatic N) is 2. The first-order valence-electron chi connectivity index (χ1n) is 5.97. The van der Waals surface area contributed by atoms with Crippen LogP contribution in [0, 0.1) is 0 Å². The number of nitrogens with two attached hydrogens (primary N) is 1. The van der Waals surface area contributed by atoms with Gasteiger partial charge in [-0.3, -0.25) is 0 Å². The van der Waals surface area contributed by atoms with E-state index < -0.39 is 0 Å². The molecule has 5 nitrogen and oxygen atoms in total. The fourth-order valence-electron chi connectivity index (χ4n) is 1.97. The number of piperazine rings is 1. The molecule has 0 amide bonds. The van der Waals surface area contributed by atoms with E-state index in [9.17, 15) is 0 Å². The van der Waals surface area contributed by atoms with Gasteiger partial charge in [0.15, 0.2) is 0 Å². The maximum atomic E-state index is 5.61. The van der Waals surface area contributed by atoms with E-state index in [1.54, 1.807) is 0 Å². The second-order valence-electron chi connectivity index (χ2n) is 4.49.